The van der Waals surface area contributed by atoms with Gasteiger partial charge in [-0.15, -0.1) is 0 Å². The van der Waals surface area contributed by atoms with Crippen LogP contribution in [0.4, 0.5) is 0 Å². The fourth-order valence-corrected chi connectivity index (χ4v) is 3.70. The van der Waals surface area contributed by atoms with Gasteiger partial charge in [0.2, 0.25) is 8.46 Å². The molecule has 0 saturated carbocycles. The molecule has 0 fully saturated rings. The zero-order valence-corrected chi connectivity index (χ0v) is 17.3. The van der Waals surface area contributed by atoms with E-state index in [2.05, 4.69) is 0 Å². The summed E-state index contributed by atoms with van der Waals surface area (Å²) in [4.78, 5) is 0. The van der Waals surface area contributed by atoms with Crippen LogP contribution in [0.5, 0.6) is 23.0 Å². The number of hydrogen-bond donors (Lipinski definition) is 0. The van der Waals surface area contributed by atoms with Crippen LogP contribution in [0.15, 0.2) is 18.2 Å². The molecule has 2 aromatic rings. The SMILES string of the molecule is CCOC(OCC)(P=O)c1cc(OC)c2c(OC)ccc(OC)c2c1OC. The lowest BCUT2D eigenvalue weighted by atomic mass is 10.0. The maximum Gasteiger partial charge on any atom is 0.282 e. The van der Waals surface area contributed by atoms with Crippen molar-refractivity contribution in [1.29, 1.82) is 0 Å². The van der Waals surface area contributed by atoms with E-state index in [9.17, 15) is 4.57 Å². The van der Waals surface area contributed by atoms with Crippen molar-refractivity contribution in [3.05, 3.63) is 23.8 Å². The van der Waals surface area contributed by atoms with E-state index >= 15 is 0 Å². The molecule has 0 aliphatic heterocycles. The van der Waals surface area contributed by atoms with Gasteiger partial charge in [-0.2, -0.15) is 0 Å². The van der Waals surface area contributed by atoms with Gasteiger partial charge in [-0.3, -0.25) is 4.57 Å². The second-order valence-corrected chi connectivity index (χ2v) is 6.19. The number of rotatable bonds is 10. The van der Waals surface area contributed by atoms with E-state index in [4.69, 9.17) is 28.4 Å². The summed E-state index contributed by atoms with van der Waals surface area (Å²) in [5, 5.41) is 1.28. The molecular formula is C19H25O7P. The number of ether oxygens (including phenoxy) is 6. The van der Waals surface area contributed by atoms with Crippen LogP contribution in [0.3, 0.4) is 0 Å². The molecular weight excluding hydrogens is 371 g/mol. The highest BCUT2D eigenvalue weighted by Crippen LogP contribution is 2.52. The van der Waals surface area contributed by atoms with Crippen molar-refractivity contribution in [3.63, 3.8) is 0 Å². The van der Waals surface area contributed by atoms with Gasteiger partial charge in [0.05, 0.1) is 44.8 Å². The molecule has 7 nitrogen and oxygen atoms in total. The first-order valence-electron chi connectivity index (χ1n) is 8.49. The van der Waals surface area contributed by atoms with E-state index in [0.717, 1.165) is 0 Å². The van der Waals surface area contributed by atoms with E-state index in [1.807, 2.05) is 0 Å². The van der Waals surface area contributed by atoms with Gasteiger partial charge in [0, 0.05) is 13.2 Å². The Labute approximate surface area is 160 Å². The van der Waals surface area contributed by atoms with Crippen LogP contribution in [0, 0.1) is 0 Å². The van der Waals surface area contributed by atoms with Crippen molar-refractivity contribution in [2.45, 2.75) is 19.4 Å². The quantitative estimate of drug-likeness (QED) is 0.437. The summed E-state index contributed by atoms with van der Waals surface area (Å²) >= 11 is 0. The van der Waals surface area contributed by atoms with Crippen LogP contribution in [0.25, 0.3) is 10.8 Å². The van der Waals surface area contributed by atoms with E-state index in [-0.39, 0.29) is 21.7 Å². The lowest BCUT2D eigenvalue weighted by Crippen LogP contribution is -2.28. The Bertz CT molecular complexity index is 800. The first kappa shape index (κ1) is 21.2. The summed E-state index contributed by atoms with van der Waals surface area (Å²) in [5.41, 5.74) is -1.11. The van der Waals surface area contributed by atoms with Crippen LogP contribution in [-0.2, 0) is 19.6 Å². The maximum absolute atomic E-state index is 12.2. The van der Waals surface area contributed by atoms with E-state index in [1.54, 1.807) is 53.4 Å². The Morgan fingerprint density at radius 1 is 0.815 bits per heavy atom. The van der Waals surface area contributed by atoms with Gasteiger partial charge in [0.25, 0.3) is 5.53 Å². The molecule has 0 atom stereocenters. The Morgan fingerprint density at radius 3 is 1.74 bits per heavy atom. The highest BCUT2D eigenvalue weighted by molar-refractivity contribution is 7.25. The molecule has 8 heteroatoms. The summed E-state index contributed by atoms with van der Waals surface area (Å²) < 4.78 is 46.1. The van der Waals surface area contributed by atoms with Gasteiger partial charge < -0.3 is 28.4 Å². The zero-order valence-electron chi connectivity index (χ0n) is 16.5. The highest BCUT2D eigenvalue weighted by atomic mass is 31.1. The first-order chi connectivity index (χ1) is 13.1. The Hall–Kier alpha value is -2.08. The molecule has 0 bridgehead atoms. The van der Waals surface area contributed by atoms with Gasteiger partial charge in [-0.1, -0.05) is 0 Å². The average Bonchev–Trinajstić information content (AvgIpc) is 2.71. The fraction of sp³-hybridized carbons (Fsp3) is 0.474. The van der Waals surface area contributed by atoms with Gasteiger partial charge in [0.1, 0.15) is 23.0 Å². The standard InChI is InChI=1S/C19H25O7P/c1-7-25-19(27-20,26-8-2)12-11-15(23-5)16-13(21-3)9-10-14(22-4)17(16)18(12)24-6/h9-11H,7-8H2,1-6H3. The number of hydrogen-bond acceptors (Lipinski definition) is 7. The van der Waals surface area contributed by atoms with Crippen LogP contribution in [-0.4, -0.2) is 41.7 Å². The van der Waals surface area contributed by atoms with Crippen molar-refractivity contribution in [2.75, 3.05) is 41.7 Å². The topological polar surface area (TPSA) is 72.5 Å². The molecule has 2 aromatic carbocycles. The van der Waals surface area contributed by atoms with Crippen LogP contribution >= 0.6 is 8.46 Å². The number of fused-ring (bicyclic) bond motifs is 1. The molecule has 0 amide bonds. The van der Waals surface area contributed by atoms with Crippen molar-refractivity contribution >= 4 is 19.2 Å². The average molecular weight is 396 g/mol. The van der Waals surface area contributed by atoms with Crippen LogP contribution in [0.1, 0.15) is 19.4 Å². The second kappa shape index (κ2) is 9.22. The van der Waals surface area contributed by atoms with Gasteiger partial charge >= 0.3 is 0 Å². The molecule has 0 aromatic heterocycles. The smallest absolute Gasteiger partial charge is 0.282 e. The largest absolute Gasteiger partial charge is 0.496 e. The minimum absolute atomic E-state index is 0.286. The fourth-order valence-electron chi connectivity index (χ4n) is 3.08. The number of methoxy groups -OCH3 is 4. The van der Waals surface area contributed by atoms with Crippen molar-refractivity contribution in [2.24, 2.45) is 0 Å². The minimum Gasteiger partial charge on any atom is -0.496 e. The molecule has 148 valence electrons. The third kappa shape index (κ3) is 3.68. The third-order valence-electron chi connectivity index (χ3n) is 4.13. The summed E-state index contributed by atoms with van der Waals surface area (Å²) in [6, 6.07) is 5.25. The molecule has 0 aliphatic rings. The molecule has 0 heterocycles. The van der Waals surface area contributed by atoms with Gasteiger partial charge in [-0.25, -0.2) is 0 Å². The normalized spacial score (nSPS) is 11.6. The van der Waals surface area contributed by atoms with E-state index in [0.29, 0.717) is 39.3 Å². The third-order valence-corrected chi connectivity index (χ3v) is 4.87. The van der Waals surface area contributed by atoms with E-state index < -0.39 is 5.53 Å². The van der Waals surface area contributed by atoms with Crippen molar-refractivity contribution in [3.8, 4) is 23.0 Å². The molecule has 0 spiro atoms. The molecule has 27 heavy (non-hydrogen) atoms. The zero-order chi connectivity index (χ0) is 20.0. The minimum atomic E-state index is -1.54. The lowest BCUT2D eigenvalue weighted by molar-refractivity contribution is -0.177. The summed E-state index contributed by atoms with van der Waals surface area (Å²) in [6.45, 7) is 4.17. The Morgan fingerprint density at radius 2 is 1.33 bits per heavy atom. The lowest BCUT2D eigenvalue weighted by Gasteiger charge is -2.29. The van der Waals surface area contributed by atoms with Crippen molar-refractivity contribution in [1.82, 2.24) is 0 Å². The highest BCUT2D eigenvalue weighted by Gasteiger charge is 2.40. The molecule has 0 N–H and O–H groups in total. The molecule has 0 saturated heterocycles. The summed E-state index contributed by atoms with van der Waals surface area (Å²) in [7, 11) is 5.83. The second-order valence-electron chi connectivity index (χ2n) is 5.42. The Balaban J connectivity index is 3.03. The monoisotopic (exact) mass is 396 g/mol. The summed E-state index contributed by atoms with van der Waals surface area (Å²) in [6.07, 6.45) is 0. The maximum atomic E-state index is 12.2. The van der Waals surface area contributed by atoms with Crippen LogP contribution < -0.4 is 18.9 Å². The summed E-state index contributed by atoms with van der Waals surface area (Å²) in [5.74, 6) is 2.04. The predicted octanol–water partition coefficient (Wildman–Crippen LogP) is 4.35. The van der Waals surface area contributed by atoms with Crippen LogP contribution in [0.2, 0.25) is 0 Å². The molecule has 0 radical (unpaired) electrons. The van der Waals surface area contributed by atoms with Gasteiger partial charge in [0.15, 0.2) is 0 Å². The van der Waals surface area contributed by atoms with Crippen molar-refractivity contribution < 1.29 is 33.0 Å². The molecule has 2 rings (SSSR count). The first-order valence-corrected chi connectivity index (χ1v) is 9.31. The Kier molecular flexibility index (Phi) is 7.25. The molecule has 0 unspecified atom stereocenters. The van der Waals surface area contributed by atoms with Gasteiger partial charge in [-0.05, 0) is 32.0 Å². The molecule has 0 aliphatic carbocycles. The number of benzene rings is 2. The predicted molar refractivity (Wildman–Crippen MR) is 103 cm³/mol. The van der Waals surface area contributed by atoms with E-state index in [1.165, 1.54) is 7.11 Å².